The van der Waals surface area contributed by atoms with Crippen LogP contribution in [-0.4, -0.2) is 24.4 Å². The van der Waals surface area contributed by atoms with Crippen molar-refractivity contribution in [3.63, 3.8) is 0 Å². The molecule has 0 aliphatic heterocycles. The lowest BCUT2D eigenvalue weighted by Crippen LogP contribution is -2.01. The van der Waals surface area contributed by atoms with Crippen LogP contribution >= 0.6 is 0 Å². The summed E-state index contributed by atoms with van der Waals surface area (Å²) in [5.74, 6) is 2.27. The number of aromatic nitrogens is 1. The number of hydrogen-bond donors (Lipinski definition) is 1. The molecule has 3 aromatic rings. The Labute approximate surface area is 160 Å². The second kappa shape index (κ2) is 9.57. The first-order valence-corrected chi connectivity index (χ1v) is 9.34. The lowest BCUT2D eigenvalue weighted by molar-refractivity contribution is 0.301. The molecular formula is C22H25N3O2. The number of anilines is 1. The topological polar surface area (TPSA) is 55.7 Å². The van der Waals surface area contributed by atoms with Crippen LogP contribution in [0.15, 0.2) is 59.7 Å². The second-order valence-electron chi connectivity index (χ2n) is 6.16. The van der Waals surface area contributed by atoms with E-state index in [0.717, 1.165) is 40.8 Å². The van der Waals surface area contributed by atoms with Crippen LogP contribution < -0.4 is 14.9 Å². The van der Waals surface area contributed by atoms with E-state index in [-0.39, 0.29) is 0 Å². The van der Waals surface area contributed by atoms with Gasteiger partial charge in [0, 0.05) is 17.0 Å². The molecule has 1 N–H and O–H groups in total. The Hall–Kier alpha value is -3.08. The van der Waals surface area contributed by atoms with E-state index in [1.54, 1.807) is 6.21 Å². The van der Waals surface area contributed by atoms with E-state index < -0.39 is 0 Å². The summed E-state index contributed by atoms with van der Waals surface area (Å²) in [6.45, 7) is 5.51. The van der Waals surface area contributed by atoms with Gasteiger partial charge >= 0.3 is 0 Å². The molecule has 0 radical (unpaired) electrons. The van der Waals surface area contributed by atoms with Crippen LogP contribution in [0.4, 0.5) is 5.82 Å². The van der Waals surface area contributed by atoms with Gasteiger partial charge < -0.3 is 9.47 Å². The highest BCUT2D eigenvalue weighted by atomic mass is 16.5. The normalized spacial score (nSPS) is 11.0. The number of nitrogens with zero attached hydrogens (tertiary/aromatic N) is 2. The van der Waals surface area contributed by atoms with E-state index >= 15 is 0 Å². The maximum Gasteiger partial charge on any atom is 0.146 e. The third kappa shape index (κ3) is 5.20. The Morgan fingerprint density at radius 3 is 2.63 bits per heavy atom. The van der Waals surface area contributed by atoms with Crippen LogP contribution in [0, 0.1) is 0 Å². The summed E-state index contributed by atoms with van der Waals surface area (Å²) in [5.41, 5.74) is 4.81. The molecular weight excluding hydrogens is 338 g/mol. The molecule has 0 bridgehead atoms. The summed E-state index contributed by atoms with van der Waals surface area (Å²) < 4.78 is 11.5. The average Bonchev–Trinajstić information content (AvgIpc) is 2.71. The summed E-state index contributed by atoms with van der Waals surface area (Å²) in [6, 6.07) is 17.7. The number of rotatable bonds is 9. The molecule has 0 amide bonds. The summed E-state index contributed by atoms with van der Waals surface area (Å²) in [4.78, 5) is 4.55. The molecule has 1 heterocycles. The summed E-state index contributed by atoms with van der Waals surface area (Å²) >= 11 is 0. The predicted octanol–water partition coefficient (Wildman–Crippen LogP) is 5.26. The standard InChI is InChI=1S/C22H25N3O2/c1-3-13-26-19-11-9-18(21(15-19)27-14-4-2)16-23-25-22-12-10-17-7-5-6-8-20(17)24-22/h5-12,15-16H,3-4,13-14H2,1-2H3,(H,24,25)/b23-16-. The Kier molecular flexibility index (Phi) is 6.63. The highest BCUT2D eigenvalue weighted by Crippen LogP contribution is 2.24. The van der Waals surface area contributed by atoms with Crippen molar-refractivity contribution in [3.05, 3.63) is 60.2 Å². The lowest BCUT2D eigenvalue weighted by Gasteiger charge is -2.11. The molecule has 5 heteroatoms. The van der Waals surface area contributed by atoms with Gasteiger partial charge in [0.15, 0.2) is 0 Å². The minimum atomic E-state index is 0.651. The number of benzene rings is 2. The van der Waals surface area contributed by atoms with Crippen molar-refractivity contribution < 1.29 is 9.47 Å². The van der Waals surface area contributed by atoms with Gasteiger partial charge in [-0.05, 0) is 43.2 Å². The van der Waals surface area contributed by atoms with Gasteiger partial charge in [-0.15, -0.1) is 0 Å². The SMILES string of the molecule is CCCOc1ccc(/C=N\Nc2ccc3ccccc3n2)c(OCCC)c1. The minimum absolute atomic E-state index is 0.651. The molecule has 0 spiro atoms. The third-order valence-corrected chi connectivity index (χ3v) is 3.90. The smallest absolute Gasteiger partial charge is 0.146 e. The Bertz CT molecular complexity index is 909. The van der Waals surface area contributed by atoms with Gasteiger partial charge in [0.25, 0.3) is 0 Å². The van der Waals surface area contributed by atoms with Gasteiger partial charge in [-0.2, -0.15) is 5.10 Å². The highest BCUT2D eigenvalue weighted by molar-refractivity contribution is 5.85. The minimum Gasteiger partial charge on any atom is -0.493 e. The molecule has 27 heavy (non-hydrogen) atoms. The molecule has 0 aliphatic carbocycles. The van der Waals surface area contributed by atoms with Crippen LogP contribution in [0.2, 0.25) is 0 Å². The average molecular weight is 363 g/mol. The Balaban J connectivity index is 1.73. The largest absolute Gasteiger partial charge is 0.493 e. The summed E-state index contributed by atoms with van der Waals surface area (Å²) in [5, 5.41) is 5.42. The molecule has 0 saturated heterocycles. The maximum atomic E-state index is 5.85. The summed E-state index contributed by atoms with van der Waals surface area (Å²) in [6.07, 6.45) is 3.65. The third-order valence-electron chi connectivity index (χ3n) is 3.90. The number of hydrazone groups is 1. The second-order valence-corrected chi connectivity index (χ2v) is 6.16. The molecule has 0 aliphatic rings. The van der Waals surface area contributed by atoms with Crippen LogP contribution in [0.1, 0.15) is 32.3 Å². The van der Waals surface area contributed by atoms with Gasteiger partial charge in [-0.3, -0.25) is 5.43 Å². The molecule has 140 valence electrons. The first kappa shape index (κ1) is 18.7. The van der Waals surface area contributed by atoms with Crippen molar-refractivity contribution in [2.45, 2.75) is 26.7 Å². The van der Waals surface area contributed by atoms with E-state index in [2.05, 4.69) is 29.4 Å². The number of fused-ring (bicyclic) bond motifs is 1. The highest BCUT2D eigenvalue weighted by Gasteiger charge is 2.05. The zero-order valence-electron chi connectivity index (χ0n) is 15.8. The zero-order valence-corrected chi connectivity index (χ0v) is 15.8. The van der Waals surface area contributed by atoms with Crippen LogP contribution in [0.5, 0.6) is 11.5 Å². The van der Waals surface area contributed by atoms with E-state index in [4.69, 9.17) is 9.47 Å². The van der Waals surface area contributed by atoms with Gasteiger partial charge in [-0.1, -0.05) is 32.0 Å². The number of pyridine rings is 1. The lowest BCUT2D eigenvalue weighted by atomic mass is 10.2. The molecule has 0 saturated carbocycles. The van der Waals surface area contributed by atoms with E-state index in [1.807, 2.05) is 54.6 Å². The van der Waals surface area contributed by atoms with Crippen molar-refractivity contribution in [1.29, 1.82) is 0 Å². The fraction of sp³-hybridized carbons (Fsp3) is 0.273. The fourth-order valence-corrected chi connectivity index (χ4v) is 2.56. The quantitative estimate of drug-likeness (QED) is 0.416. The van der Waals surface area contributed by atoms with Crippen molar-refractivity contribution in [1.82, 2.24) is 4.98 Å². The van der Waals surface area contributed by atoms with Gasteiger partial charge in [0.05, 0.1) is 24.9 Å². The number of ether oxygens (including phenoxy) is 2. The van der Waals surface area contributed by atoms with E-state index in [0.29, 0.717) is 19.0 Å². The Morgan fingerprint density at radius 1 is 0.963 bits per heavy atom. The van der Waals surface area contributed by atoms with Crippen LogP contribution in [0.25, 0.3) is 10.9 Å². The van der Waals surface area contributed by atoms with Crippen molar-refractivity contribution in [3.8, 4) is 11.5 Å². The van der Waals surface area contributed by atoms with Crippen LogP contribution in [-0.2, 0) is 0 Å². The van der Waals surface area contributed by atoms with Gasteiger partial charge in [0.2, 0.25) is 0 Å². The van der Waals surface area contributed by atoms with Crippen molar-refractivity contribution in [2.75, 3.05) is 18.6 Å². The van der Waals surface area contributed by atoms with Gasteiger partial charge in [0.1, 0.15) is 17.3 Å². The predicted molar refractivity (Wildman–Crippen MR) is 111 cm³/mol. The van der Waals surface area contributed by atoms with Gasteiger partial charge in [-0.25, -0.2) is 4.98 Å². The molecule has 0 atom stereocenters. The molecule has 0 unspecified atom stereocenters. The van der Waals surface area contributed by atoms with Crippen molar-refractivity contribution >= 4 is 22.9 Å². The molecule has 3 rings (SSSR count). The van der Waals surface area contributed by atoms with Crippen molar-refractivity contribution in [2.24, 2.45) is 5.10 Å². The Morgan fingerprint density at radius 2 is 1.78 bits per heavy atom. The number of nitrogens with one attached hydrogen (secondary N) is 1. The first-order chi connectivity index (χ1) is 13.3. The molecule has 2 aromatic carbocycles. The first-order valence-electron chi connectivity index (χ1n) is 9.34. The molecule has 1 aromatic heterocycles. The fourth-order valence-electron chi connectivity index (χ4n) is 2.56. The van der Waals surface area contributed by atoms with Crippen LogP contribution in [0.3, 0.4) is 0 Å². The monoisotopic (exact) mass is 363 g/mol. The number of hydrogen-bond acceptors (Lipinski definition) is 5. The number of para-hydroxylation sites is 1. The molecule has 0 fully saturated rings. The maximum absolute atomic E-state index is 5.85. The zero-order chi connectivity index (χ0) is 18.9. The summed E-state index contributed by atoms with van der Waals surface area (Å²) in [7, 11) is 0. The molecule has 5 nitrogen and oxygen atoms in total. The van der Waals surface area contributed by atoms with E-state index in [1.165, 1.54) is 0 Å². The van der Waals surface area contributed by atoms with E-state index in [9.17, 15) is 0 Å².